The first-order valence-corrected chi connectivity index (χ1v) is 5.02. The molecule has 1 rings (SSSR count). The quantitative estimate of drug-likeness (QED) is 0.550. The van der Waals surface area contributed by atoms with Gasteiger partial charge in [0.2, 0.25) is 0 Å². The van der Waals surface area contributed by atoms with E-state index in [2.05, 4.69) is 17.3 Å². The number of nitrogens with two attached hydrogens (primary N) is 1. The smallest absolute Gasteiger partial charge is 0.140 e. The molecule has 12 heavy (non-hydrogen) atoms. The number of anilines is 1. The Labute approximate surface area is 76.7 Å². The normalized spacial score (nSPS) is 9.83. The van der Waals surface area contributed by atoms with E-state index in [0.717, 1.165) is 23.0 Å². The number of hydrazine groups is 1. The van der Waals surface area contributed by atoms with Crippen molar-refractivity contribution >= 4 is 17.6 Å². The molecule has 0 aliphatic heterocycles. The maximum absolute atomic E-state index is 5.23. The van der Waals surface area contributed by atoms with Crippen molar-refractivity contribution in [1.29, 1.82) is 0 Å². The van der Waals surface area contributed by atoms with Gasteiger partial charge < -0.3 is 5.43 Å². The van der Waals surface area contributed by atoms with E-state index in [-0.39, 0.29) is 0 Å². The van der Waals surface area contributed by atoms with Crippen LogP contribution in [0.1, 0.15) is 12.6 Å². The van der Waals surface area contributed by atoms with Gasteiger partial charge in [-0.05, 0) is 17.9 Å². The van der Waals surface area contributed by atoms with Crippen LogP contribution in [0, 0.1) is 0 Å². The Morgan fingerprint density at radius 1 is 1.58 bits per heavy atom. The maximum atomic E-state index is 5.23. The van der Waals surface area contributed by atoms with Crippen molar-refractivity contribution in [3.63, 3.8) is 0 Å². The van der Waals surface area contributed by atoms with Gasteiger partial charge in [-0.2, -0.15) is 11.8 Å². The lowest BCUT2D eigenvalue weighted by molar-refractivity contribution is 1.14. The molecule has 0 fully saturated rings. The standard InChI is InChI=1S/C8H13N3S/c1-2-12-6-7-4-3-5-8(10-7)11-9/h3-5H,2,6,9H2,1H3,(H,10,11). The highest BCUT2D eigenvalue weighted by molar-refractivity contribution is 7.98. The fourth-order valence-corrected chi connectivity index (χ4v) is 1.42. The Morgan fingerprint density at radius 2 is 2.42 bits per heavy atom. The summed E-state index contributed by atoms with van der Waals surface area (Å²) in [5.41, 5.74) is 3.59. The van der Waals surface area contributed by atoms with E-state index in [9.17, 15) is 0 Å². The number of nitrogen functional groups attached to an aromatic ring is 1. The highest BCUT2D eigenvalue weighted by Crippen LogP contribution is 2.11. The second-order valence-corrected chi connectivity index (χ2v) is 3.57. The predicted octanol–water partition coefficient (Wildman–Crippen LogP) is 1.62. The van der Waals surface area contributed by atoms with E-state index in [0.29, 0.717) is 0 Å². The summed E-state index contributed by atoms with van der Waals surface area (Å²) < 4.78 is 0. The zero-order valence-electron chi connectivity index (χ0n) is 7.08. The van der Waals surface area contributed by atoms with Crippen LogP contribution in [0.5, 0.6) is 0 Å². The van der Waals surface area contributed by atoms with Crippen molar-refractivity contribution in [1.82, 2.24) is 4.98 Å². The lowest BCUT2D eigenvalue weighted by Gasteiger charge is -2.01. The molecule has 1 aromatic rings. The zero-order valence-corrected chi connectivity index (χ0v) is 7.90. The number of aromatic nitrogens is 1. The topological polar surface area (TPSA) is 50.9 Å². The third kappa shape index (κ3) is 2.71. The fraction of sp³-hybridized carbons (Fsp3) is 0.375. The summed E-state index contributed by atoms with van der Waals surface area (Å²) in [6.07, 6.45) is 0. The number of rotatable bonds is 4. The van der Waals surface area contributed by atoms with E-state index >= 15 is 0 Å². The minimum atomic E-state index is 0.726. The van der Waals surface area contributed by atoms with Gasteiger partial charge in [0.25, 0.3) is 0 Å². The predicted molar refractivity (Wildman–Crippen MR) is 53.9 cm³/mol. The van der Waals surface area contributed by atoms with Gasteiger partial charge in [0.05, 0.1) is 5.69 Å². The molecule has 0 atom stereocenters. The lowest BCUT2D eigenvalue weighted by Crippen LogP contribution is -2.08. The molecular weight excluding hydrogens is 170 g/mol. The number of hydrogen-bond donors (Lipinski definition) is 2. The van der Waals surface area contributed by atoms with Crippen molar-refractivity contribution in [2.75, 3.05) is 11.2 Å². The average molecular weight is 183 g/mol. The molecule has 0 radical (unpaired) electrons. The van der Waals surface area contributed by atoms with E-state index < -0.39 is 0 Å². The number of pyridine rings is 1. The number of hydrogen-bond acceptors (Lipinski definition) is 4. The van der Waals surface area contributed by atoms with Crippen molar-refractivity contribution in [2.45, 2.75) is 12.7 Å². The van der Waals surface area contributed by atoms with E-state index in [4.69, 9.17) is 5.84 Å². The van der Waals surface area contributed by atoms with E-state index in [1.807, 2.05) is 30.0 Å². The molecule has 66 valence electrons. The van der Waals surface area contributed by atoms with Gasteiger partial charge in [-0.25, -0.2) is 10.8 Å². The van der Waals surface area contributed by atoms with E-state index in [1.165, 1.54) is 0 Å². The first kappa shape index (κ1) is 9.35. The summed E-state index contributed by atoms with van der Waals surface area (Å²) in [7, 11) is 0. The fourth-order valence-electron chi connectivity index (χ4n) is 0.847. The Balaban J connectivity index is 2.60. The van der Waals surface area contributed by atoms with Gasteiger partial charge in [0.1, 0.15) is 5.82 Å². The summed E-state index contributed by atoms with van der Waals surface area (Å²) >= 11 is 1.85. The Kier molecular flexibility index (Phi) is 3.90. The lowest BCUT2D eigenvalue weighted by atomic mass is 10.4. The third-order valence-corrected chi connectivity index (χ3v) is 2.32. The van der Waals surface area contributed by atoms with Crippen LogP contribution < -0.4 is 11.3 Å². The van der Waals surface area contributed by atoms with Crippen LogP contribution in [0.15, 0.2) is 18.2 Å². The van der Waals surface area contributed by atoms with Gasteiger partial charge in [-0.15, -0.1) is 0 Å². The largest absolute Gasteiger partial charge is 0.308 e. The molecule has 0 aliphatic carbocycles. The number of thioether (sulfide) groups is 1. The molecule has 3 nitrogen and oxygen atoms in total. The highest BCUT2D eigenvalue weighted by Gasteiger charge is 1.94. The Morgan fingerprint density at radius 3 is 3.08 bits per heavy atom. The second kappa shape index (κ2) is 5.00. The molecular formula is C8H13N3S. The molecule has 0 aromatic carbocycles. The molecule has 3 N–H and O–H groups in total. The Bertz CT molecular complexity index is 239. The molecule has 1 heterocycles. The second-order valence-electron chi connectivity index (χ2n) is 2.30. The van der Waals surface area contributed by atoms with Crippen molar-refractivity contribution in [2.24, 2.45) is 5.84 Å². The molecule has 4 heteroatoms. The van der Waals surface area contributed by atoms with Crippen LogP contribution in [0.2, 0.25) is 0 Å². The monoisotopic (exact) mass is 183 g/mol. The summed E-state index contributed by atoms with van der Waals surface area (Å²) in [4.78, 5) is 4.27. The van der Waals surface area contributed by atoms with Crippen molar-refractivity contribution in [3.8, 4) is 0 Å². The first-order valence-electron chi connectivity index (χ1n) is 3.87. The van der Waals surface area contributed by atoms with Gasteiger partial charge in [0.15, 0.2) is 0 Å². The minimum Gasteiger partial charge on any atom is -0.308 e. The van der Waals surface area contributed by atoms with Crippen molar-refractivity contribution in [3.05, 3.63) is 23.9 Å². The van der Waals surface area contributed by atoms with Crippen LogP contribution in [0.4, 0.5) is 5.82 Å². The molecule has 0 aliphatic rings. The molecule has 0 amide bonds. The molecule has 0 spiro atoms. The summed E-state index contributed by atoms with van der Waals surface area (Å²) in [6, 6.07) is 5.80. The maximum Gasteiger partial charge on any atom is 0.140 e. The van der Waals surface area contributed by atoms with E-state index in [1.54, 1.807) is 0 Å². The van der Waals surface area contributed by atoms with Crippen LogP contribution in [-0.4, -0.2) is 10.7 Å². The van der Waals surface area contributed by atoms with Crippen LogP contribution >= 0.6 is 11.8 Å². The third-order valence-electron chi connectivity index (χ3n) is 1.41. The average Bonchev–Trinajstić information content (AvgIpc) is 2.15. The van der Waals surface area contributed by atoms with Crippen molar-refractivity contribution < 1.29 is 0 Å². The van der Waals surface area contributed by atoms with Crippen LogP contribution in [0.25, 0.3) is 0 Å². The minimum absolute atomic E-state index is 0.726. The molecule has 0 bridgehead atoms. The van der Waals surface area contributed by atoms with Gasteiger partial charge in [-0.3, -0.25) is 0 Å². The van der Waals surface area contributed by atoms with Gasteiger partial charge in [-0.1, -0.05) is 13.0 Å². The van der Waals surface area contributed by atoms with Gasteiger partial charge in [0, 0.05) is 5.75 Å². The first-order chi connectivity index (χ1) is 5.86. The molecule has 0 unspecified atom stereocenters. The number of nitrogens with one attached hydrogen (secondary N) is 1. The number of nitrogens with zero attached hydrogens (tertiary/aromatic N) is 1. The highest BCUT2D eigenvalue weighted by atomic mass is 32.2. The summed E-state index contributed by atoms with van der Waals surface area (Å²) in [6.45, 7) is 2.13. The van der Waals surface area contributed by atoms with Crippen LogP contribution in [0.3, 0.4) is 0 Å². The van der Waals surface area contributed by atoms with Crippen LogP contribution in [-0.2, 0) is 5.75 Å². The van der Waals surface area contributed by atoms with Gasteiger partial charge >= 0.3 is 0 Å². The molecule has 0 saturated heterocycles. The summed E-state index contributed by atoms with van der Waals surface area (Å²) in [5, 5.41) is 0. The zero-order chi connectivity index (χ0) is 8.81. The molecule has 1 aromatic heterocycles. The SMILES string of the molecule is CCSCc1cccc(NN)n1. The summed E-state index contributed by atoms with van der Waals surface area (Å²) in [5.74, 6) is 8.02. The molecule has 0 saturated carbocycles. The Hall–Kier alpha value is -0.740.